The molecule has 0 saturated heterocycles. The van der Waals surface area contributed by atoms with Gasteiger partial charge in [-0.3, -0.25) is 0 Å². The third-order valence-electron chi connectivity index (χ3n) is 5.54. The van der Waals surface area contributed by atoms with E-state index in [0.717, 1.165) is 65.8 Å². The molecule has 0 saturated carbocycles. The fourth-order valence-corrected chi connectivity index (χ4v) is 3.84. The van der Waals surface area contributed by atoms with Gasteiger partial charge in [-0.05, 0) is 55.6 Å². The summed E-state index contributed by atoms with van der Waals surface area (Å²) >= 11 is 0. The van der Waals surface area contributed by atoms with Crippen LogP contribution in [0.2, 0.25) is 0 Å². The van der Waals surface area contributed by atoms with Crippen molar-refractivity contribution in [3.05, 3.63) is 70.2 Å². The molecule has 0 radical (unpaired) electrons. The van der Waals surface area contributed by atoms with E-state index < -0.39 is 0 Å². The van der Waals surface area contributed by atoms with E-state index in [2.05, 4.69) is 63.9 Å². The maximum atomic E-state index is 6.11. The summed E-state index contributed by atoms with van der Waals surface area (Å²) in [6.07, 6.45) is 9.36. The lowest BCUT2D eigenvalue weighted by molar-refractivity contribution is 0.219. The first-order chi connectivity index (χ1) is 15.3. The van der Waals surface area contributed by atoms with Gasteiger partial charge in [-0.1, -0.05) is 18.2 Å². The molecule has 0 unspecified atom stereocenters. The number of nitrogens with one attached hydrogen (secondary N) is 2. The Labute approximate surface area is 183 Å². The summed E-state index contributed by atoms with van der Waals surface area (Å²) in [5, 5.41) is 4.39. The van der Waals surface area contributed by atoms with E-state index in [1.165, 1.54) is 5.57 Å². The molecule has 164 valence electrons. The van der Waals surface area contributed by atoms with Gasteiger partial charge < -0.3 is 31.4 Å². The molecule has 2 aromatic rings. The Bertz CT molecular complexity index is 1050. The lowest BCUT2D eigenvalue weighted by Crippen LogP contribution is -2.34. The van der Waals surface area contributed by atoms with Crippen molar-refractivity contribution >= 4 is 17.5 Å². The monoisotopic (exact) mass is 420 g/mol. The lowest BCUT2D eigenvalue weighted by Gasteiger charge is -2.20. The Balaban J connectivity index is 1.50. The summed E-state index contributed by atoms with van der Waals surface area (Å²) in [6.45, 7) is 4.25. The molecule has 7 nitrogen and oxygen atoms in total. The number of nitrogens with zero attached hydrogens (tertiary/aromatic N) is 2. The van der Waals surface area contributed by atoms with Gasteiger partial charge in [0, 0.05) is 48.0 Å². The number of aromatic nitrogens is 1. The molecular weight excluding hydrogens is 388 g/mol. The molecule has 1 aliphatic carbocycles. The highest BCUT2D eigenvalue weighted by molar-refractivity contribution is 5.69. The van der Waals surface area contributed by atoms with Crippen LogP contribution < -0.4 is 32.4 Å². The number of nitrogens with two attached hydrogens (primary N) is 2. The average Bonchev–Trinajstić information content (AvgIpc) is 3.25. The highest BCUT2D eigenvalue weighted by atomic mass is 16.5. The van der Waals surface area contributed by atoms with E-state index in [4.69, 9.17) is 21.2 Å². The average molecular weight is 421 g/mol. The summed E-state index contributed by atoms with van der Waals surface area (Å²) < 4.78 is 6.11. The predicted molar refractivity (Wildman–Crippen MR) is 126 cm³/mol. The normalized spacial score (nSPS) is 15.5. The Morgan fingerprint density at radius 2 is 2.03 bits per heavy atom. The number of ether oxygens (including phenoxy) is 1. The van der Waals surface area contributed by atoms with E-state index in [1.54, 1.807) is 0 Å². The highest BCUT2D eigenvalue weighted by Crippen LogP contribution is 2.27. The van der Waals surface area contributed by atoms with E-state index in [0.29, 0.717) is 26.4 Å². The van der Waals surface area contributed by atoms with Gasteiger partial charge in [-0.2, -0.15) is 0 Å². The number of anilines is 1. The largest absolute Gasteiger partial charge is 0.493 e. The first kappa shape index (κ1) is 21.4. The molecule has 2 aliphatic rings. The van der Waals surface area contributed by atoms with Crippen LogP contribution in [0.15, 0.2) is 53.2 Å². The minimum absolute atomic E-state index is 0.553. The molecule has 1 aromatic heterocycles. The van der Waals surface area contributed by atoms with Crippen molar-refractivity contribution in [3.8, 4) is 0 Å². The predicted octanol–water partition coefficient (Wildman–Crippen LogP) is 1.32. The van der Waals surface area contributed by atoms with Crippen LogP contribution in [0.1, 0.15) is 30.5 Å². The Hall–Kier alpha value is -2.87. The van der Waals surface area contributed by atoms with Gasteiger partial charge in [0.2, 0.25) is 0 Å². The van der Waals surface area contributed by atoms with Crippen LogP contribution in [0.25, 0.3) is 11.8 Å². The SMILES string of the molecule is NCCNCCCOC1=C(c2cc3c([nH]2)=NCN(c2ccc(CN)cc2)C=3)CCC=C1. The number of hydrogen-bond acceptors (Lipinski definition) is 6. The lowest BCUT2D eigenvalue weighted by atomic mass is 10.0. The third kappa shape index (κ3) is 5.25. The number of benzene rings is 1. The van der Waals surface area contributed by atoms with Gasteiger partial charge in [0.15, 0.2) is 0 Å². The number of allylic oxidation sites excluding steroid dienone is 3. The molecule has 7 heteroatoms. The van der Waals surface area contributed by atoms with Gasteiger partial charge in [-0.25, -0.2) is 4.99 Å². The zero-order valence-electron chi connectivity index (χ0n) is 17.9. The first-order valence-electron chi connectivity index (χ1n) is 11.0. The van der Waals surface area contributed by atoms with Crippen molar-refractivity contribution in [2.45, 2.75) is 25.8 Å². The highest BCUT2D eigenvalue weighted by Gasteiger charge is 2.16. The van der Waals surface area contributed by atoms with Gasteiger partial charge in [0.1, 0.15) is 17.9 Å². The maximum absolute atomic E-state index is 6.11. The second kappa shape index (κ2) is 10.4. The number of fused-ring (bicyclic) bond motifs is 1. The topological polar surface area (TPSA) is 105 Å². The number of hydrogen-bond donors (Lipinski definition) is 4. The fraction of sp³-hybridized carbons (Fsp3) is 0.375. The molecule has 31 heavy (non-hydrogen) atoms. The second-order valence-electron chi connectivity index (χ2n) is 7.78. The van der Waals surface area contributed by atoms with Crippen LogP contribution in [0.5, 0.6) is 0 Å². The molecule has 0 spiro atoms. The molecule has 0 atom stereocenters. The van der Waals surface area contributed by atoms with Crippen molar-refractivity contribution in [1.29, 1.82) is 0 Å². The van der Waals surface area contributed by atoms with Crippen LogP contribution in [0, 0.1) is 0 Å². The maximum Gasteiger partial charge on any atom is 0.136 e. The van der Waals surface area contributed by atoms with Gasteiger partial charge in [0.05, 0.1) is 6.61 Å². The molecular formula is C24H32N6O. The minimum atomic E-state index is 0.553. The van der Waals surface area contributed by atoms with Crippen molar-refractivity contribution in [1.82, 2.24) is 10.3 Å². The number of rotatable bonds is 10. The summed E-state index contributed by atoms with van der Waals surface area (Å²) in [6, 6.07) is 10.5. The Morgan fingerprint density at radius 3 is 2.84 bits per heavy atom. The second-order valence-corrected chi connectivity index (χ2v) is 7.78. The molecule has 2 heterocycles. The van der Waals surface area contributed by atoms with Crippen LogP contribution in [0.4, 0.5) is 5.69 Å². The zero-order valence-corrected chi connectivity index (χ0v) is 17.9. The van der Waals surface area contributed by atoms with Crippen molar-refractivity contribution in [3.63, 3.8) is 0 Å². The van der Waals surface area contributed by atoms with E-state index in [9.17, 15) is 0 Å². The molecule has 0 bridgehead atoms. The van der Waals surface area contributed by atoms with Crippen LogP contribution in [-0.4, -0.2) is 37.9 Å². The van der Waals surface area contributed by atoms with Gasteiger partial charge >= 0.3 is 0 Å². The Kier molecular flexibility index (Phi) is 7.19. The molecule has 6 N–H and O–H groups in total. The molecule has 0 fully saturated rings. The zero-order chi connectivity index (χ0) is 21.5. The smallest absolute Gasteiger partial charge is 0.136 e. The summed E-state index contributed by atoms with van der Waals surface area (Å²) in [5.74, 6) is 0.956. The summed E-state index contributed by atoms with van der Waals surface area (Å²) in [4.78, 5) is 10.4. The van der Waals surface area contributed by atoms with Crippen molar-refractivity contribution in [2.24, 2.45) is 16.5 Å². The fourth-order valence-electron chi connectivity index (χ4n) is 3.84. The van der Waals surface area contributed by atoms with Crippen molar-refractivity contribution in [2.75, 3.05) is 37.8 Å². The Morgan fingerprint density at radius 1 is 1.16 bits per heavy atom. The van der Waals surface area contributed by atoms with Gasteiger partial charge in [-0.15, -0.1) is 0 Å². The summed E-state index contributed by atoms with van der Waals surface area (Å²) in [7, 11) is 0. The molecule has 0 amide bonds. The first-order valence-corrected chi connectivity index (χ1v) is 11.0. The van der Waals surface area contributed by atoms with Crippen molar-refractivity contribution < 1.29 is 4.74 Å². The van der Waals surface area contributed by atoms with Crippen LogP contribution >= 0.6 is 0 Å². The van der Waals surface area contributed by atoms with Gasteiger partial charge in [0.25, 0.3) is 0 Å². The van der Waals surface area contributed by atoms with Crippen LogP contribution in [-0.2, 0) is 11.3 Å². The molecule has 4 rings (SSSR count). The van der Waals surface area contributed by atoms with E-state index in [1.807, 2.05) is 0 Å². The minimum Gasteiger partial charge on any atom is -0.493 e. The van der Waals surface area contributed by atoms with E-state index in [-0.39, 0.29) is 0 Å². The third-order valence-corrected chi connectivity index (χ3v) is 5.54. The standard InChI is InChI=1S/C24H32N6O/c25-10-12-27-11-3-13-31-23-5-2-1-4-21(23)22-14-19-16-30(17-28-24(19)29-22)20-8-6-18(15-26)7-9-20/h2,5-9,14,16,27H,1,3-4,10-13,15,17,25-26H2,(H,28,29). The number of aromatic amines is 1. The molecule has 1 aromatic carbocycles. The van der Waals surface area contributed by atoms with Crippen LogP contribution in [0.3, 0.4) is 0 Å². The molecule has 1 aliphatic heterocycles. The number of H-pyrrole nitrogens is 1. The quantitative estimate of drug-likeness (QED) is 0.434. The van der Waals surface area contributed by atoms with E-state index >= 15 is 0 Å². The summed E-state index contributed by atoms with van der Waals surface area (Å²) in [5.41, 5.74) is 16.7.